The molecule has 19 heavy (non-hydrogen) atoms. The van der Waals surface area contributed by atoms with Gasteiger partial charge in [-0.25, -0.2) is 0 Å². The Morgan fingerprint density at radius 2 is 2.37 bits per heavy atom. The van der Waals surface area contributed by atoms with Crippen LogP contribution in [0.5, 0.6) is 0 Å². The van der Waals surface area contributed by atoms with E-state index in [2.05, 4.69) is 29.4 Å². The van der Waals surface area contributed by atoms with Crippen molar-refractivity contribution in [3.63, 3.8) is 0 Å². The summed E-state index contributed by atoms with van der Waals surface area (Å²) in [7, 11) is 0. The van der Waals surface area contributed by atoms with E-state index in [1.54, 1.807) is 0 Å². The third-order valence-electron chi connectivity index (χ3n) is 4.48. The Hall–Kier alpha value is -0.930. The van der Waals surface area contributed by atoms with Gasteiger partial charge in [-0.3, -0.25) is 4.98 Å². The molecular formula is C16H24N2O. The molecule has 3 rings (SSSR count). The topological polar surface area (TPSA) is 34.2 Å². The van der Waals surface area contributed by atoms with Crippen LogP contribution in [0, 0.1) is 5.92 Å². The van der Waals surface area contributed by atoms with Gasteiger partial charge in [0.05, 0.1) is 12.2 Å². The third kappa shape index (κ3) is 2.98. The van der Waals surface area contributed by atoms with Gasteiger partial charge in [0, 0.05) is 30.3 Å². The average molecular weight is 260 g/mol. The van der Waals surface area contributed by atoms with Crippen molar-refractivity contribution in [1.29, 1.82) is 0 Å². The van der Waals surface area contributed by atoms with Gasteiger partial charge in [0.1, 0.15) is 0 Å². The largest absolute Gasteiger partial charge is 0.375 e. The molecule has 0 spiro atoms. The molecule has 2 aliphatic rings. The van der Waals surface area contributed by atoms with Gasteiger partial charge in [0.15, 0.2) is 0 Å². The molecule has 3 heteroatoms. The Balaban J connectivity index is 1.67. The molecule has 0 amide bonds. The second-order valence-corrected chi connectivity index (χ2v) is 5.86. The first-order chi connectivity index (χ1) is 9.36. The Kier molecular flexibility index (Phi) is 4.14. The maximum atomic E-state index is 6.02. The summed E-state index contributed by atoms with van der Waals surface area (Å²) in [6, 6.07) is 6.72. The predicted molar refractivity (Wildman–Crippen MR) is 76.0 cm³/mol. The van der Waals surface area contributed by atoms with Crippen molar-refractivity contribution in [2.24, 2.45) is 5.92 Å². The van der Waals surface area contributed by atoms with Gasteiger partial charge in [0.2, 0.25) is 0 Å². The van der Waals surface area contributed by atoms with Crippen LogP contribution >= 0.6 is 0 Å². The molecule has 3 heterocycles. The number of fused-ring (bicyclic) bond motifs is 2. The number of aromatic nitrogens is 1. The molecule has 1 aromatic heterocycles. The van der Waals surface area contributed by atoms with Crippen LogP contribution in [-0.2, 0) is 11.2 Å². The molecule has 2 fully saturated rings. The minimum Gasteiger partial charge on any atom is -0.375 e. The second kappa shape index (κ2) is 6.02. The lowest BCUT2D eigenvalue weighted by Crippen LogP contribution is -2.42. The molecule has 0 radical (unpaired) electrons. The van der Waals surface area contributed by atoms with Crippen molar-refractivity contribution in [3.8, 4) is 0 Å². The average Bonchev–Trinajstić information content (AvgIpc) is 3.07. The van der Waals surface area contributed by atoms with Crippen molar-refractivity contribution in [3.05, 3.63) is 30.1 Å². The second-order valence-electron chi connectivity index (χ2n) is 5.86. The maximum absolute atomic E-state index is 6.02. The van der Waals surface area contributed by atoms with Crippen molar-refractivity contribution >= 4 is 0 Å². The summed E-state index contributed by atoms with van der Waals surface area (Å²) in [6.07, 6.45) is 8.88. The van der Waals surface area contributed by atoms with E-state index in [0.717, 1.165) is 13.0 Å². The first-order valence-electron chi connectivity index (χ1n) is 7.65. The van der Waals surface area contributed by atoms with E-state index in [-0.39, 0.29) is 0 Å². The highest BCUT2D eigenvalue weighted by Crippen LogP contribution is 2.40. The Morgan fingerprint density at radius 3 is 3.00 bits per heavy atom. The van der Waals surface area contributed by atoms with E-state index in [1.165, 1.54) is 31.4 Å². The quantitative estimate of drug-likeness (QED) is 0.853. The molecule has 0 saturated carbocycles. The van der Waals surface area contributed by atoms with Gasteiger partial charge < -0.3 is 10.1 Å². The van der Waals surface area contributed by atoms with E-state index < -0.39 is 0 Å². The smallest absolute Gasteiger partial charge is 0.0623 e. The van der Waals surface area contributed by atoms with Crippen molar-refractivity contribution in [1.82, 2.24) is 10.3 Å². The minimum atomic E-state index is 0.489. The molecule has 1 N–H and O–H groups in total. The molecule has 0 aromatic carbocycles. The van der Waals surface area contributed by atoms with Gasteiger partial charge in [-0.15, -0.1) is 0 Å². The molecule has 2 saturated heterocycles. The number of nitrogens with one attached hydrogen (secondary N) is 1. The fourth-order valence-electron chi connectivity index (χ4n) is 3.55. The van der Waals surface area contributed by atoms with Crippen LogP contribution in [0.15, 0.2) is 24.4 Å². The molecule has 2 bridgehead atoms. The minimum absolute atomic E-state index is 0.489. The molecule has 104 valence electrons. The molecule has 1 aromatic rings. The van der Waals surface area contributed by atoms with E-state index >= 15 is 0 Å². The highest BCUT2D eigenvalue weighted by atomic mass is 16.5. The zero-order valence-corrected chi connectivity index (χ0v) is 11.7. The summed E-state index contributed by atoms with van der Waals surface area (Å²) in [5.41, 5.74) is 1.19. The number of hydrogen-bond acceptors (Lipinski definition) is 3. The lowest BCUT2D eigenvalue weighted by atomic mass is 9.82. The summed E-state index contributed by atoms with van der Waals surface area (Å²) in [5.74, 6) is 0.673. The van der Waals surface area contributed by atoms with E-state index in [1.807, 2.05) is 12.3 Å². The van der Waals surface area contributed by atoms with Crippen LogP contribution in [0.1, 0.15) is 38.3 Å². The number of hydrogen-bond donors (Lipinski definition) is 1. The fraction of sp³-hybridized carbons (Fsp3) is 0.688. The summed E-state index contributed by atoms with van der Waals surface area (Å²) in [4.78, 5) is 4.48. The highest BCUT2D eigenvalue weighted by Gasteiger charge is 2.44. The zero-order valence-electron chi connectivity index (χ0n) is 11.7. The number of rotatable bonds is 6. The Bertz CT molecular complexity index is 395. The summed E-state index contributed by atoms with van der Waals surface area (Å²) >= 11 is 0. The first-order valence-corrected chi connectivity index (χ1v) is 7.65. The van der Waals surface area contributed by atoms with Crippen molar-refractivity contribution in [2.45, 2.75) is 57.3 Å². The van der Waals surface area contributed by atoms with Gasteiger partial charge in [-0.1, -0.05) is 13.0 Å². The third-order valence-corrected chi connectivity index (χ3v) is 4.48. The summed E-state index contributed by atoms with van der Waals surface area (Å²) < 4.78 is 6.02. The number of ether oxygens (including phenoxy) is 1. The Labute approximate surface area is 115 Å². The molecule has 4 unspecified atom stereocenters. The van der Waals surface area contributed by atoms with Crippen LogP contribution in [-0.4, -0.2) is 29.8 Å². The Morgan fingerprint density at radius 1 is 1.42 bits per heavy atom. The SMILES string of the molecule is CCCNC(Cc1ccccn1)C1CC2CCC1O2. The summed E-state index contributed by atoms with van der Waals surface area (Å²) in [6.45, 7) is 3.31. The highest BCUT2D eigenvalue weighted by molar-refractivity contribution is 5.07. The molecule has 3 nitrogen and oxygen atoms in total. The van der Waals surface area contributed by atoms with Gasteiger partial charge >= 0.3 is 0 Å². The lowest BCUT2D eigenvalue weighted by Gasteiger charge is -2.29. The maximum Gasteiger partial charge on any atom is 0.0623 e. The molecule has 2 aliphatic heterocycles. The van der Waals surface area contributed by atoms with Gasteiger partial charge in [0.25, 0.3) is 0 Å². The van der Waals surface area contributed by atoms with Gasteiger partial charge in [-0.05, 0) is 44.4 Å². The summed E-state index contributed by atoms with van der Waals surface area (Å²) in [5, 5.41) is 3.72. The molecular weight excluding hydrogens is 236 g/mol. The first kappa shape index (κ1) is 13.1. The fourth-order valence-corrected chi connectivity index (χ4v) is 3.55. The van der Waals surface area contributed by atoms with Crippen LogP contribution in [0.4, 0.5) is 0 Å². The van der Waals surface area contributed by atoms with Crippen LogP contribution < -0.4 is 5.32 Å². The number of nitrogens with zero attached hydrogens (tertiary/aromatic N) is 1. The van der Waals surface area contributed by atoms with Crippen molar-refractivity contribution in [2.75, 3.05) is 6.54 Å². The van der Waals surface area contributed by atoms with Crippen LogP contribution in [0.2, 0.25) is 0 Å². The van der Waals surface area contributed by atoms with Crippen molar-refractivity contribution < 1.29 is 4.74 Å². The van der Waals surface area contributed by atoms with E-state index in [4.69, 9.17) is 4.74 Å². The normalized spacial score (nSPS) is 30.7. The number of pyridine rings is 1. The van der Waals surface area contributed by atoms with Crippen LogP contribution in [0.3, 0.4) is 0 Å². The van der Waals surface area contributed by atoms with E-state index in [0.29, 0.717) is 24.2 Å². The molecule has 0 aliphatic carbocycles. The monoisotopic (exact) mass is 260 g/mol. The molecule has 4 atom stereocenters. The van der Waals surface area contributed by atoms with E-state index in [9.17, 15) is 0 Å². The zero-order chi connectivity index (χ0) is 13.1. The van der Waals surface area contributed by atoms with Gasteiger partial charge in [-0.2, -0.15) is 0 Å². The predicted octanol–water partition coefficient (Wildman–Crippen LogP) is 2.56. The van der Waals surface area contributed by atoms with Crippen LogP contribution in [0.25, 0.3) is 0 Å². The lowest BCUT2D eigenvalue weighted by molar-refractivity contribution is 0.0856. The standard InChI is InChI=1S/C16H24N2O/c1-2-8-18-15(10-12-5-3-4-9-17-12)14-11-13-6-7-16(14)19-13/h3-5,9,13-16,18H,2,6-8,10-11H2,1H3.